The van der Waals surface area contributed by atoms with Crippen molar-refractivity contribution in [2.45, 2.75) is 84.5 Å². The Morgan fingerprint density at radius 1 is 0.864 bits per heavy atom. The van der Waals surface area contributed by atoms with Crippen molar-refractivity contribution in [3.05, 3.63) is 0 Å². The van der Waals surface area contributed by atoms with E-state index in [-0.39, 0.29) is 115 Å². The third-order valence-electron chi connectivity index (χ3n) is 3.57. The summed E-state index contributed by atoms with van der Waals surface area (Å²) in [5.74, 6) is 0.139. The van der Waals surface area contributed by atoms with E-state index in [0.717, 1.165) is 12.8 Å². The van der Waals surface area contributed by atoms with Crippen LogP contribution in [0.2, 0.25) is 0 Å². The Kier molecular flexibility index (Phi) is 28.3. The first-order chi connectivity index (χ1) is 9.45. The molecule has 0 saturated carbocycles. The normalized spacial score (nSPS) is 12.4. The van der Waals surface area contributed by atoms with Crippen LogP contribution in [0.5, 0.6) is 0 Å². The summed E-state index contributed by atoms with van der Waals surface area (Å²) in [5, 5.41) is 0. The van der Waals surface area contributed by atoms with Crippen molar-refractivity contribution >= 4 is 7.82 Å². The molecule has 0 aromatic heterocycles. The quantitative estimate of drug-likeness (QED) is 0.193. The first-order valence-electron chi connectivity index (χ1n) is 8.12. The molecule has 0 spiro atoms. The molecule has 0 saturated heterocycles. The van der Waals surface area contributed by atoms with Crippen LogP contribution < -0.4 is 113 Å². The monoisotopic (exact) mass is 384 g/mol. The fourth-order valence-corrected chi connectivity index (χ4v) is 2.72. The molecular weight excluding hydrogens is 353 g/mol. The zero-order chi connectivity index (χ0) is 15.3. The summed E-state index contributed by atoms with van der Waals surface area (Å²) >= 11 is 0. The summed E-state index contributed by atoms with van der Waals surface area (Å²) in [4.78, 5) is 20.7. The van der Waals surface area contributed by atoms with Crippen molar-refractivity contribution in [3.8, 4) is 0 Å². The van der Waals surface area contributed by atoms with Crippen LogP contribution in [0.4, 0.5) is 0 Å². The Labute approximate surface area is 222 Å². The third-order valence-corrected chi connectivity index (χ3v) is 4.03. The van der Waals surface area contributed by atoms with Gasteiger partial charge in [-0.3, -0.25) is 0 Å². The second-order valence-corrected chi connectivity index (χ2v) is 6.97. The molecule has 0 aromatic carbocycles. The average molecular weight is 385 g/mol. The molecule has 1 unspecified atom stereocenters. The molecule has 0 aromatic rings. The van der Waals surface area contributed by atoms with Gasteiger partial charge in [-0.1, -0.05) is 78.1 Å². The number of hydrogen-bond donors (Lipinski definition) is 0. The molecule has 22 heavy (non-hydrogen) atoms. The molecule has 0 radical (unpaired) electrons. The van der Waals surface area contributed by atoms with Crippen LogP contribution in [0.3, 0.4) is 0 Å². The molecule has 1 atom stereocenters. The zero-order valence-electron chi connectivity index (χ0n) is 15.1. The minimum atomic E-state index is -4.79. The Morgan fingerprint density at radius 3 is 1.68 bits per heavy atom. The summed E-state index contributed by atoms with van der Waals surface area (Å²) in [6, 6.07) is 0. The third kappa shape index (κ3) is 25.6. The van der Waals surface area contributed by atoms with E-state index >= 15 is 0 Å². The van der Waals surface area contributed by atoms with Gasteiger partial charge in [-0.05, 0) is 12.3 Å². The molecule has 122 valence electrons. The van der Waals surface area contributed by atoms with Gasteiger partial charge in [-0.2, -0.15) is 0 Å². The van der Waals surface area contributed by atoms with Crippen molar-refractivity contribution in [3.63, 3.8) is 0 Å². The number of phosphoric ester groups is 1. The largest absolute Gasteiger partial charge is 1.00 e. The van der Waals surface area contributed by atoms with Crippen LogP contribution in [-0.4, -0.2) is 6.61 Å². The van der Waals surface area contributed by atoms with Gasteiger partial charge in [0.25, 0.3) is 0 Å². The van der Waals surface area contributed by atoms with Crippen LogP contribution in [0.15, 0.2) is 0 Å². The number of phosphoric acid groups is 1. The van der Waals surface area contributed by atoms with Gasteiger partial charge in [-0.25, -0.2) is 0 Å². The molecule has 0 bridgehead atoms. The summed E-state index contributed by atoms with van der Waals surface area (Å²) in [6.07, 6.45) is 13.8. The van der Waals surface area contributed by atoms with E-state index in [0.29, 0.717) is 0 Å². The van der Waals surface area contributed by atoms with Gasteiger partial charge in [0, 0.05) is 0 Å². The van der Waals surface area contributed by atoms with Crippen LogP contribution in [0.1, 0.15) is 84.5 Å². The Hall–Kier alpha value is 3.38. The van der Waals surface area contributed by atoms with Crippen LogP contribution in [0.25, 0.3) is 0 Å². The summed E-state index contributed by atoms with van der Waals surface area (Å²) < 4.78 is 14.6. The molecule has 7 heteroatoms. The topological polar surface area (TPSA) is 72.4 Å². The SMILES string of the molecule is CCCCCCCCCCCCC(C)COP(=O)([O-])[O-].[K+].[K+]. The fraction of sp³-hybridized carbons (Fsp3) is 1.00. The predicted molar refractivity (Wildman–Crippen MR) is 79.2 cm³/mol. The van der Waals surface area contributed by atoms with E-state index in [4.69, 9.17) is 0 Å². The first-order valence-corrected chi connectivity index (χ1v) is 9.58. The maximum absolute atomic E-state index is 10.3. The van der Waals surface area contributed by atoms with Crippen molar-refractivity contribution in [1.29, 1.82) is 0 Å². The Bertz CT molecular complexity index is 262. The standard InChI is InChI=1S/C15H33O4P.2K/c1-3-4-5-6-7-8-9-10-11-12-13-15(2)14-19-20(16,17)18;;/h15H,3-14H2,1-2H3,(H2,16,17,18);;/q;2*+1/p-2. The predicted octanol–water partition coefficient (Wildman–Crippen LogP) is -2.21. The second-order valence-electron chi connectivity index (χ2n) is 5.82. The average Bonchev–Trinajstić information content (AvgIpc) is 2.38. The molecule has 0 aliphatic heterocycles. The molecule has 4 nitrogen and oxygen atoms in total. The summed E-state index contributed by atoms with van der Waals surface area (Å²) in [6.45, 7) is 4.18. The second kappa shape index (κ2) is 20.7. The van der Waals surface area contributed by atoms with Gasteiger partial charge in [0.1, 0.15) is 0 Å². The van der Waals surface area contributed by atoms with E-state index in [9.17, 15) is 14.4 Å². The van der Waals surface area contributed by atoms with Crippen LogP contribution >= 0.6 is 7.82 Å². The number of hydrogen-bond acceptors (Lipinski definition) is 4. The Balaban J connectivity index is -0.00000180. The number of unbranched alkanes of at least 4 members (excludes halogenated alkanes) is 9. The molecule has 0 aliphatic carbocycles. The van der Waals surface area contributed by atoms with Crippen molar-refractivity contribution < 1.29 is 122 Å². The molecule has 0 amide bonds. The molecule has 0 N–H and O–H groups in total. The van der Waals surface area contributed by atoms with Gasteiger partial charge < -0.3 is 18.9 Å². The minimum absolute atomic E-state index is 0. The molecular formula is C15H31K2O4P. The van der Waals surface area contributed by atoms with Crippen molar-refractivity contribution in [2.75, 3.05) is 6.61 Å². The van der Waals surface area contributed by atoms with Gasteiger partial charge in [0.05, 0.1) is 14.4 Å². The van der Waals surface area contributed by atoms with Gasteiger partial charge in [0.2, 0.25) is 0 Å². The minimum Gasteiger partial charge on any atom is -0.790 e. The van der Waals surface area contributed by atoms with Gasteiger partial charge >= 0.3 is 103 Å². The molecule has 0 rings (SSSR count). The van der Waals surface area contributed by atoms with Gasteiger partial charge in [-0.15, -0.1) is 0 Å². The van der Waals surface area contributed by atoms with E-state index in [1.807, 2.05) is 6.92 Å². The molecule has 0 heterocycles. The van der Waals surface area contributed by atoms with Crippen molar-refractivity contribution in [2.24, 2.45) is 5.92 Å². The molecule has 0 aliphatic rings. The fourth-order valence-electron chi connectivity index (χ4n) is 2.28. The van der Waals surface area contributed by atoms with Crippen molar-refractivity contribution in [1.82, 2.24) is 0 Å². The summed E-state index contributed by atoms with van der Waals surface area (Å²) in [7, 11) is -4.79. The van der Waals surface area contributed by atoms with E-state index in [1.165, 1.54) is 57.8 Å². The van der Waals surface area contributed by atoms with E-state index in [2.05, 4.69) is 11.4 Å². The van der Waals surface area contributed by atoms with Crippen LogP contribution in [0, 0.1) is 5.92 Å². The zero-order valence-corrected chi connectivity index (χ0v) is 22.3. The maximum Gasteiger partial charge on any atom is 1.00 e. The van der Waals surface area contributed by atoms with E-state index < -0.39 is 7.82 Å². The maximum atomic E-state index is 10.3. The van der Waals surface area contributed by atoms with Crippen LogP contribution in [-0.2, 0) is 9.09 Å². The smallest absolute Gasteiger partial charge is 0.790 e. The number of rotatable bonds is 14. The molecule has 0 fully saturated rings. The summed E-state index contributed by atoms with van der Waals surface area (Å²) in [5.41, 5.74) is 0. The van der Waals surface area contributed by atoms with E-state index in [1.54, 1.807) is 0 Å². The Morgan fingerprint density at radius 2 is 1.27 bits per heavy atom. The first kappa shape index (κ1) is 30.1. The van der Waals surface area contributed by atoms with Gasteiger partial charge in [0.15, 0.2) is 0 Å².